The molecule has 4 rings (SSSR count). The minimum absolute atomic E-state index is 0.240. The quantitative estimate of drug-likeness (QED) is 0.600. The molecule has 0 saturated carbocycles. The van der Waals surface area contributed by atoms with E-state index in [0.717, 1.165) is 25.9 Å². The predicted octanol–water partition coefficient (Wildman–Crippen LogP) is 4.90. The van der Waals surface area contributed by atoms with Crippen molar-refractivity contribution in [3.63, 3.8) is 0 Å². The smallest absolute Gasteiger partial charge is 0.163 e. The number of methoxy groups -OCH3 is 1. The van der Waals surface area contributed by atoms with E-state index in [1.807, 2.05) is 12.1 Å². The van der Waals surface area contributed by atoms with E-state index in [0.29, 0.717) is 45.8 Å². The number of benzene rings is 2. The number of piperidine rings is 1. The van der Waals surface area contributed by atoms with E-state index in [4.69, 9.17) is 21.1 Å². The number of hydrogen-bond donors (Lipinski definition) is 1. The van der Waals surface area contributed by atoms with Crippen LogP contribution in [0.15, 0.2) is 36.7 Å². The molecule has 1 fully saturated rings. The van der Waals surface area contributed by atoms with Gasteiger partial charge in [0.05, 0.1) is 24.9 Å². The van der Waals surface area contributed by atoms with Crippen LogP contribution in [0.3, 0.4) is 0 Å². The molecule has 1 aliphatic rings. The van der Waals surface area contributed by atoms with Crippen molar-refractivity contribution in [2.75, 3.05) is 39.2 Å². The lowest BCUT2D eigenvalue weighted by Crippen LogP contribution is -2.32. The number of rotatable bonds is 6. The second kappa shape index (κ2) is 9.02. The summed E-state index contributed by atoms with van der Waals surface area (Å²) >= 11 is 6.00. The van der Waals surface area contributed by atoms with Crippen LogP contribution >= 0.6 is 11.6 Å². The minimum atomic E-state index is -0.420. The zero-order valence-corrected chi connectivity index (χ0v) is 17.7. The number of hydrogen-bond acceptors (Lipinski definition) is 6. The SMILES string of the molecule is COc1cc2c(Nc3cc(Cl)ccc3F)ncnc2cc1OCC1CCN(C)CC1. The van der Waals surface area contributed by atoms with Crippen LogP contribution in [0.1, 0.15) is 12.8 Å². The third-order valence-corrected chi connectivity index (χ3v) is 5.65. The highest BCUT2D eigenvalue weighted by atomic mass is 35.5. The molecular formula is C22H24ClFN4O2. The van der Waals surface area contributed by atoms with Crippen molar-refractivity contribution in [2.45, 2.75) is 12.8 Å². The Balaban J connectivity index is 1.59. The summed E-state index contributed by atoms with van der Waals surface area (Å²) in [6.07, 6.45) is 3.67. The summed E-state index contributed by atoms with van der Waals surface area (Å²) in [6.45, 7) is 2.82. The van der Waals surface area contributed by atoms with Crippen molar-refractivity contribution >= 4 is 34.0 Å². The van der Waals surface area contributed by atoms with E-state index < -0.39 is 5.82 Å². The lowest BCUT2D eigenvalue weighted by Gasteiger charge is -2.28. The molecule has 158 valence electrons. The highest BCUT2D eigenvalue weighted by Crippen LogP contribution is 2.36. The Bertz CT molecular complexity index is 1040. The molecule has 1 saturated heterocycles. The highest BCUT2D eigenvalue weighted by Gasteiger charge is 2.19. The van der Waals surface area contributed by atoms with E-state index in [2.05, 4.69) is 27.2 Å². The molecule has 30 heavy (non-hydrogen) atoms. The van der Waals surface area contributed by atoms with Crippen LogP contribution in [0.25, 0.3) is 10.9 Å². The van der Waals surface area contributed by atoms with Crippen LogP contribution in [0, 0.1) is 11.7 Å². The van der Waals surface area contributed by atoms with Crippen LogP contribution in [0.5, 0.6) is 11.5 Å². The summed E-state index contributed by atoms with van der Waals surface area (Å²) in [4.78, 5) is 11.0. The maximum Gasteiger partial charge on any atom is 0.163 e. The molecule has 0 aliphatic carbocycles. The van der Waals surface area contributed by atoms with Gasteiger partial charge in [-0.15, -0.1) is 0 Å². The Morgan fingerprint density at radius 3 is 2.73 bits per heavy atom. The average molecular weight is 431 g/mol. The second-order valence-electron chi connectivity index (χ2n) is 7.55. The summed E-state index contributed by atoms with van der Waals surface area (Å²) in [5.74, 6) is 1.79. The molecule has 0 amide bonds. The maximum atomic E-state index is 14.2. The molecule has 8 heteroatoms. The van der Waals surface area contributed by atoms with Crippen LogP contribution in [0.2, 0.25) is 5.02 Å². The lowest BCUT2D eigenvalue weighted by molar-refractivity contribution is 0.157. The highest BCUT2D eigenvalue weighted by molar-refractivity contribution is 6.30. The molecule has 1 aromatic heterocycles. The van der Waals surface area contributed by atoms with Crippen LogP contribution in [0.4, 0.5) is 15.9 Å². The van der Waals surface area contributed by atoms with Gasteiger partial charge in [0.2, 0.25) is 0 Å². The first kappa shape index (κ1) is 20.6. The van der Waals surface area contributed by atoms with Crippen molar-refractivity contribution in [3.05, 3.63) is 47.5 Å². The standard InChI is InChI=1S/C22H24ClFN4O2/c1-28-7-5-14(6-8-28)12-30-21-11-18-16(10-20(21)29-2)22(26-13-25-18)27-19-9-15(23)3-4-17(19)24/h3-4,9-11,13-14H,5-8,12H2,1-2H3,(H,25,26,27). The summed E-state index contributed by atoms with van der Waals surface area (Å²) < 4.78 is 25.8. The Labute approximate surface area is 180 Å². The Hall–Kier alpha value is -2.64. The molecule has 0 spiro atoms. The van der Waals surface area contributed by atoms with Crippen molar-refractivity contribution < 1.29 is 13.9 Å². The summed E-state index contributed by atoms with van der Waals surface area (Å²) in [5, 5.41) is 4.13. The van der Waals surface area contributed by atoms with Gasteiger partial charge < -0.3 is 19.7 Å². The first-order chi connectivity index (χ1) is 14.5. The van der Waals surface area contributed by atoms with Gasteiger partial charge in [-0.3, -0.25) is 0 Å². The third-order valence-electron chi connectivity index (χ3n) is 5.41. The Morgan fingerprint density at radius 1 is 1.17 bits per heavy atom. The maximum absolute atomic E-state index is 14.2. The topological polar surface area (TPSA) is 59.5 Å². The summed E-state index contributed by atoms with van der Waals surface area (Å²) in [6, 6.07) is 7.97. The lowest BCUT2D eigenvalue weighted by atomic mass is 9.98. The number of fused-ring (bicyclic) bond motifs is 1. The fraction of sp³-hybridized carbons (Fsp3) is 0.364. The van der Waals surface area contributed by atoms with Crippen molar-refractivity contribution in [1.82, 2.24) is 14.9 Å². The molecular weight excluding hydrogens is 407 g/mol. The van der Waals surface area contributed by atoms with Crippen molar-refractivity contribution in [1.29, 1.82) is 0 Å². The van der Waals surface area contributed by atoms with Gasteiger partial charge in [-0.05, 0) is 63.2 Å². The molecule has 2 aromatic carbocycles. The molecule has 0 unspecified atom stereocenters. The van der Waals surface area contributed by atoms with Gasteiger partial charge in [-0.1, -0.05) is 11.6 Å². The van der Waals surface area contributed by atoms with E-state index in [-0.39, 0.29) is 5.69 Å². The van der Waals surface area contributed by atoms with Gasteiger partial charge in [0, 0.05) is 16.5 Å². The van der Waals surface area contributed by atoms with Crippen LogP contribution < -0.4 is 14.8 Å². The number of likely N-dealkylation sites (tertiary alicyclic amines) is 1. The van der Waals surface area contributed by atoms with Gasteiger partial charge in [0.25, 0.3) is 0 Å². The number of aromatic nitrogens is 2. The zero-order chi connectivity index (χ0) is 21.1. The number of nitrogens with one attached hydrogen (secondary N) is 1. The zero-order valence-electron chi connectivity index (χ0n) is 17.0. The molecule has 0 bridgehead atoms. The van der Waals surface area contributed by atoms with Gasteiger partial charge >= 0.3 is 0 Å². The molecule has 0 radical (unpaired) electrons. The fourth-order valence-electron chi connectivity index (χ4n) is 3.59. The van der Waals surface area contributed by atoms with E-state index in [9.17, 15) is 4.39 Å². The second-order valence-corrected chi connectivity index (χ2v) is 7.99. The van der Waals surface area contributed by atoms with Crippen molar-refractivity contribution in [3.8, 4) is 11.5 Å². The summed E-state index contributed by atoms with van der Waals surface area (Å²) in [7, 11) is 3.74. The average Bonchev–Trinajstić information content (AvgIpc) is 2.75. The first-order valence-electron chi connectivity index (χ1n) is 9.89. The molecule has 3 aromatic rings. The summed E-state index contributed by atoms with van der Waals surface area (Å²) in [5.41, 5.74) is 0.915. The van der Waals surface area contributed by atoms with E-state index in [1.54, 1.807) is 7.11 Å². The molecule has 1 aliphatic heterocycles. The Kier molecular flexibility index (Phi) is 6.20. The minimum Gasteiger partial charge on any atom is -0.493 e. The van der Waals surface area contributed by atoms with Gasteiger partial charge in [0.15, 0.2) is 11.5 Å². The number of nitrogens with zero attached hydrogens (tertiary/aromatic N) is 3. The predicted molar refractivity (Wildman–Crippen MR) is 116 cm³/mol. The van der Waals surface area contributed by atoms with Gasteiger partial charge in [-0.25, -0.2) is 14.4 Å². The molecule has 6 nitrogen and oxygen atoms in total. The third kappa shape index (κ3) is 4.57. The number of anilines is 2. The van der Waals surface area contributed by atoms with Crippen LogP contribution in [-0.2, 0) is 0 Å². The number of ether oxygens (including phenoxy) is 2. The normalized spacial score (nSPS) is 15.3. The van der Waals surface area contributed by atoms with E-state index >= 15 is 0 Å². The molecule has 0 atom stereocenters. The largest absolute Gasteiger partial charge is 0.493 e. The van der Waals surface area contributed by atoms with Crippen molar-refractivity contribution in [2.24, 2.45) is 5.92 Å². The van der Waals surface area contributed by atoms with Gasteiger partial charge in [-0.2, -0.15) is 0 Å². The Morgan fingerprint density at radius 2 is 1.97 bits per heavy atom. The monoisotopic (exact) mass is 430 g/mol. The fourth-order valence-corrected chi connectivity index (χ4v) is 3.77. The van der Waals surface area contributed by atoms with E-state index in [1.165, 1.54) is 24.5 Å². The van der Waals surface area contributed by atoms with Crippen LogP contribution in [-0.4, -0.2) is 48.7 Å². The molecule has 1 N–H and O–H groups in total. The molecule has 2 heterocycles. The first-order valence-corrected chi connectivity index (χ1v) is 10.3. The number of halogens is 2. The van der Waals surface area contributed by atoms with Gasteiger partial charge in [0.1, 0.15) is 18.0 Å².